The van der Waals surface area contributed by atoms with E-state index in [-0.39, 0.29) is 19.3 Å². The lowest BCUT2D eigenvalue weighted by atomic mass is 10.0. The van der Waals surface area contributed by atoms with Gasteiger partial charge in [-0.1, -0.05) is 89.7 Å². The maximum Gasteiger partial charge on any atom is 0.303 e. The van der Waals surface area contributed by atoms with Gasteiger partial charge in [-0.15, -0.1) is 0 Å². The molecule has 0 amide bonds. The number of carboxylic acids is 3. The predicted molar refractivity (Wildman–Crippen MR) is 177 cm³/mol. The van der Waals surface area contributed by atoms with E-state index >= 15 is 0 Å². The molecular weight excluding hydrogens is 542 g/mol. The van der Waals surface area contributed by atoms with Gasteiger partial charge in [0, 0.05) is 19.3 Å². The molecule has 0 bridgehead atoms. The van der Waals surface area contributed by atoms with Crippen LogP contribution in [0.3, 0.4) is 0 Å². The van der Waals surface area contributed by atoms with Crippen molar-refractivity contribution in [2.75, 3.05) is 26.2 Å². The topological polar surface area (TPSA) is 112 Å². The molecule has 0 aliphatic carbocycles. The second-order valence-electron chi connectivity index (χ2n) is 12.8. The largest absolute Gasteiger partial charge is 0.481 e. The van der Waals surface area contributed by atoms with Gasteiger partial charge in [-0.3, -0.25) is 14.4 Å². The Morgan fingerprint density at radius 2 is 0.698 bits per heavy atom. The molecule has 0 saturated heterocycles. The first-order valence-corrected chi connectivity index (χ1v) is 18.0. The third-order valence-electron chi connectivity index (χ3n) is 8.71. The molecule has 7 heteroatoms. The first-order chi connectivity index (χ1) is 20.8. The molecule has 0 aromatic heterocycles. The van der Waals surface area contributed by atoms with Crippen molar-refractivity contribution in [3.05, 3.63) is 12.2 Å². The zero-order chi connectivity index (χ0) is 31.9. The number of allylic oxidation sites excluding steroid dienone is 2. The smallest absolute Gasteiger partial charge is 0.303 e. The number of hydrogen-bond donors (Lipinski definition) is 3. The Labute approximate surface area is 264 Å². The first kappa shape index (κ1) is 41.1. The molecule has 0 aromatic carbocycles. The molecule has 0 aliphatic heterocycles. The molecule has 0 unspecified atom stereocenters. The van der Waals surface area contributed by atoms with Gasteiger partial charge in [0.05, 0.1) is 26.2 Å². The van der Waals surface area contributed by atoms with Gasteiger partial charge in [0.25, 0.3) is 0 Å². The van der Waals surface area contributed by atoms with E-state index in [1.165, 1.54) is 103 Å². The van der Waals surface area contributed by atoms with Crippen LogP contribution in [0, 0.1) is 0 Å². The van der Waals surface area contributed by atoms with E-state index in [0.29, 0.717) is 19.3 Å². The Kier molecular flexibility index (Phi) is 28.8. The number of carbonyl (C=O) groups is 3. The van der Waals surface area contributed by atoms with Gasteiger partial charge in [-0.05, 0) is 77.0 Å². The summed E-state index contributed by atoms with van der Waals surface area (Å²) >= 11 is 0. The zero-order valence-corrected chi connectivity index (χ0v) is 27.9. The van der Waals surface area contributed by atoms with Gasteiger partial charge in [0.15, 0.2) is 0 Å². The zero-order valence-electron chi connectivity index (χ0n) is 27.9. The van der Waals surface area contributed by atoms with Crippen molar-refractivity contribution in [2.24, 2.45) is 0 Å². The van der Waals surface area contributed by atoms with Crippen LogP contribution in [-0.2, 0) is 14.4 Å². The molecule has 0 radical (unpaired) electrons. The Morgan fingerprint density at radius 1 is 0.419 bits per heavy atom. The Morgan fingerprint density at radius 3 is 1.02 bits per heavy atom. The van der Waals surface area contributed by atoms with E-state index in [0.717, 1.165) is 56.3 Å². The monoisotopic (exact) mass is 611 g/mol. The van der Waals surface area contributed by atoms with E-state index in [9.17, 15) is 14.4 Å². The molecule has 0 atom stereocenters. The third-order valence-corrected chi connectivity index (χ3v) is 8.71. The fraction of sp³-hybridized carbons (Fsp3) is 0.861. The minimum Gasteiger partial charge on any atom is -0.481 e. The summed E-state index contributed by atoms with van der Waals surface area (Å²) in [5, 5.41) is 27.2. The fourth-order valence-corrected chi connectivity index (χ4v) is 6.07. The van der Waals surface area contributed by atoms with Crippen LogP contribution in [0.2, 0.25) is 0 Å². The molecule has 0 aliphatic rings. The van der Waals surface area contributed by atoms with Crippen LogP contribution >= 0.6 is 0 Å². The maximum absolute atomic E-state index is 11.0. The van der Waals surface area contributed by atoms with Crippen LogP contribution in [0.25, 0.3) is 0 Å². The summed E-state index contributed by atoms with van der Waals surface area (Å²) in [5.41, 5.74) is 0. The number of aliphatic carboxylic acids is 3. The standard InChI is InChI=1S/C36H67NO6/c1-2-3-4-5-6-7-8-9-10-11-12-13-14-15-16-17-18-19-23-30-37(31-24-20-27-34(38)39,32-25-21-28-35(40)41)33-26-22-29-36(42)43/h9-10H,2-8,11-33H2,1H3,(H2-,38,39,40,41,42,43)/p+1/b10-9+. The highest BCUT2D eigenvalue weighted by atomic mass is 16.4. The number of unbranched alkanes of at least 4 members (excludes halogenated alkanes) is 18. The Balaban J connectivity index is 4.30. The molecule has 0 spiro atoms. The minimum atomic E-state index is -0.767. The van der Waals surface area contributed by atoms with Crippen LogP contribution in [0.4, 0.5) is 0 Å². The minimum absolute atomic E-state index is 0.175. The number of hydrogen-bond acceptors (Lipinski definition) is 3. The molecule has 252 valence electrons. The summed E-state index contributed by atoms with van der Waals surface area (Å²) in [6.07, 6.45) is 31.8. The van der Waals surface area contributed by atoms with E-state index in [1.54, 1.807) is 0 Å². The van der Waals surface area contributed by atoms with Crippen molar-refractivity contribution in [1.82, 2.24) is 0 Å². The lowest BCUT2D eigenvalue weighted by molar-refractivity contribution is -0.929. The molecule has 0 rings (SSSR count). The van der Waals surface area contributed by atoms with Gasteiger partial charge < -0.3 is 19.8 Å². The van der Waals surface area contributed by atoms with Crippen LogP contribution in [0.5, 0.6) is 0 Å². The maximum atomic E-state index is 11.0. The summed E-state index contributed by atoms with van der Waals surface area (Å²) in [6.45, 7) is 5.95. The van der Waals surface area contributed by atoms with Gasteiger partial charge in [0.1, 0.15) is 0 Å². The van der Waals surface area contributed by atoms with Crippen LogP contribution < -0.4 is 0 Å². The van der Waals surface area contributed by atoms with E-state index < -0.39 is 17.9 Å². The molecule has 7 nitrogen and oxygen atoms in total. The molecular formula is C36H68NO6+. The van der Waals surface area contributed by atoms with Crippen LogP contribution in [0.1, 0.15) is 174 Å². The first-order valence-electron chi connectivity index (χ1n) is 18.0. The predicted octanol–water partition coefficient (Wildman–Crippen LogP) is 9.78. The van der Waals surface area contributed by atoms with Crippen molar-refractivity contribution >= 4 is 17.9 Å². The fourth-order valence-electron chi connectivity index (χ4n) is 6.07. The average molecular weight is 611 g/mol. The average Bonchev–Trinajstić information content (AvgIpc) is 2.96. The van der Waals surface area contributed by atoms with Crippen molar-refractivity contribution in [3.63, 3.8) is 0 Å². The molecule has 43 heavy (non-hydrogen) atoms. The van der Waals surface area contributed by atoms with E-state index in [1.807, 2.05) is 0 Å². The highest BCUT2D eigenvalue weighted by Crippen LogP contribution is 2.20. The lowest BCUT2D eigenvalue weighted by Gasteiger charge is -2.39. The van der Waals surface area contributed by atoms with Gasteiger partial charge in [-0.25, -0.2) is 0 Å². The second-order valence-corrected chi connectivity index (χ2v) is 12.8. The van der Waals surface area contributed by atoms with E-state index in [2.05, 4.69) is 19.1 Å². The van der Waals surface area contributed by atoms with Crippen molar-refractivity contribution < 1.29 is 34.2 Å². The molecule has 0 aromatic rings. The van der Waals surface area contributed by atoms with Crippen LogP contribution in [-0.4, -0.2) is 63.9 Å². The van der Waals surface area contributed by atoms with Crippen molar-refractivity contribution in [3.8, 4) is 0 Å². The van der Waals surface area contributed by atoms with Crippen molar-refractivity contribution in [1.29, 1.82) is 0 Å². The van der Waals surface area contributed by atoms with Gasteiger partial charge in [0.2, 0.25) is 0 Å². The summed E-state index contributed by atoms with van der Waals surface area (Å²) in [6, 6.07) is 0. The summed E-state index contributed by atoms with van der Waals surface area (Å²) in [7, 11) is 0. The highest BCUT2D eigenvalue weighted by Gasteiger charge is 2.26. The number of carboxylic acid groups (broad SMARTS) is 3. The van der Waals surface area contributed by atoms with Crippen LogP contribution in [0.15, 0.2) is 12.2 Å². The second kappa shape index (κ2) is 30.1. The lowest BCUT2D eigenvalue weighted by Crippen LogP contribution is -2.51. The quantitative estimate of drug-likeness (QED) is 0.0380. The summed E-state index contributed by atoms with van der Waals surface area (Å²) in [5.74, 6) is -2.30. The van der Waals surface area contributed by atoms with Gasteiger partial charge in [-0.2, -0.15) is 0 Å². The van der Waals surface area contributed by atoms with Crippen molar-refractivity contribution in [2.45, 2.75) is 174 Å². The third kappa shape index (κ3) is 29.9. The highest BCUT2D eigenvalue weighted by molar-refractivity contribution is 5.67. The summed E-state index contributed by atoms with van der Waals surface area (Å²) < 4.78 is 0.867. The van der Waals surface area contributed by atoms with Gasteiger partial charge >= 0.3 is 17.9 Å². The SMILES string of the molecule is CCCCCCCC/C=C/CCCCCCCCCCC[N+](CCCCC(=O)O)(CCCCC(=O)O)CCCCC(=O)O. The number of rotatable bonds is 34. The number of quaternary nitrogens is 1. The molecule has 3 N–H and O–H groups in total. The Hall–Kier alpha value is -1.89. The summed E-state index contributed by atoms with van der Waals surface area (Å²) in [4.78, 5) is 33.0. The molecule has 0 fully saturated rings. The molecule has 0 heterocycles. The number of nitrogens with zero attached hydrogens (tertiary/aromatic N) is 1. The van der Waals surface area contributed by atoms with E-state index in [4.69, 9.17) is 15.3 Å². The molecule has 0 saturated carbocycles. The normalized spacial score (nSPS) is 11.8. The Bertz CT molecular complexity index is 653.